The van der Waals surface area contributed by atoms with Crippen molar-refractivity contribution in [3.63, 3.8) is 0 Å². The minimum Gasteiger partial charge on any atom is -0.394 e. The smallest absolute Gasteiger partial charge is 0.137 e. The number of aliphatic hydroxyl groups excluding tert-OH is 2. The van der Waals surface area contributed by atoms with Gasteiger partial charge in [-0.05, 0) is 85.1 Å². The van der Waals surface area contributed by atoms with Crippen LogP contribution in [-0.4, -0.2) is 62.0 Å². The Kier molecular flexibility index (Phi) is 19.8. The van der Waals surface area contributed by atoms with Crippen molar-refractivity contribution in [2.45, 2.75) is 98.3 Å². The van der Waals surface area contributed by atoms with Crippen LogP contribution in [0.4, 0.5) is 8.78 Å². The van der Waals surface area contributed by atoms with Crippen molar-refractivity contribution in [3.8, 4) is 11.4 Å². The molecular formula is C50H61Cl2F2N5O5. The van der Waals surface area contributed by atoms with Gasteiger partial charge >= 0.3 is 0 Å². The molecule has 0 aliphatic rings. The molecule has 0 saturated carbocycles. The monoisotopic (exact) mass is 919 g/mol. The van der Waals surface area contributed by atoms with Crippen LogP contribution in [0, 0.1) is 18.6 Å². The molecule has 0 spiro atoms. The number of benzene rings is 4. The van der Waals surface area contributed by atoms with Crippen LogP contribution in [0.3, 0.4) is 0 Å². The summed E-state index contributed by atoms with van der Waals surface area (Å²) in [6, 6.07) is 28.9. The highest BCUT2D eigenvalue weighted by atomic mass is 35.5. The Morgan fingerprint density at radius 2 is 1.17 bits per heavy atom. The van der Waals surface area contributed by atoms with Gasteiger partial charge in [0.2, 0.25) is 0 Å². The maximum atomic E-state index is 14.3. The lowest BCUT2D eigenvalue weighted by Crippen LogP contribution is -2.12. The fourth-order valence-corrected chi connectivity index (χ4v) is 6.59. The van der Waals surface area contributed by atoms with Gasteiger partial charge in [0.15, 0.2) is 0 Å². The van der Waals surface area contributed by atoms with E-state index >= 15 is 0 Å². The Morgan fingerprint density at radius 1 is 0.688 bits per heavy atom. The fourth-order valence-electron chi connectivity index (χ4n) is 6.22. The normalized spacial score (nSPS) is 11.5. The highest BCUT2D eigenvalue weighted by Gasteiger charge is 2.22. The molecule has 0 amide bonds. The molecule has 0 saturated heterocycles. The van der Waals surface area contributed by atoms with Gasteiger partial charge in [0.25, 0.3) is 0 Å². The third-order valence-electron chi connectivity index (χ3n) is 9.79. The lowest BCUT2D eigenvalue weighted by molar-refractivity contribution is -0.118. The van der Waals surface area contributed by atoms with Gasteiger partial charge in [-0.2, -0.15) is 10.2 Å². The molecule has 2 heterocycles. The predicted octanol–water partition coefficient (Wildman–Crippen LogP) is 10.1. The Hall–Kier alpha value is -4.79. The van der Waals surface area contributed by atoms with Gasteiger partial charge in [-0.25, -0.2) is 18.1 Å². The van der Waals surface area contributed by atoms with Crippen LogP contribution < -0.4 is 5.73 Å². The molecule has 0 atom stereocenters. The van der Waals surface area contributed by atoms with Crippen molar-refractivity contribution in [2.75, 3.05) is 26.4 Å². The molecule has 10 nitrogen and oxygen atoms in total. The van der Waals surface area contributed by atoms with Crippen LogP contribution in [0.25, 0.3) is 11.4 Å². The number of halogens is 4. The van der Waals surface area contributed by atoms with Crippen LogP contribution in [0.1, 0.15) is 93.0 Å². The molecule has 344 valence electrons. The number of carbonyl (C=O) groups is 1. The number of ether oxygens (including phenoxy) is 2. The van der Waals surface area contributed by atoms with Crippen molar-refractivity contribution < 1.29 is 33.3 Å². The van der Waals surface area contributed by atoms with E-state index in [2.05, 4.69) is 52.7 Å². The van der Waals surface area contributed by atoms with E-state index in [0.717, 1.165) is 39.7 Å². The topological polar surface area (TPSA) is 138 Å². The summed E-state index contributed by atoms with van der Waals surface area (Å²) in [6.45, 7) is 15.5. The summed E-state index contributed by atoms with van der Waals surface area (Å²) in [5.74, 6) is -0.639. The second kappa shape index (κ2) is 24.5. The first-order valence-corrected chi connectivity index (χ1v) is 21.9. The molecular weight excluding hydrogens is 859 g/mol. The molecule has 14 heteroatoms. The van der Waals surface area contributed by atoms with Crippen LogP contribution in [0.15, 0.2) is 97.1 Å². The summed E-state index contributed by atoms with van der Waals surface area (Å²) >= 11 is 12.2. The second-order valence-electron chi connectivity index (χ2n) is 17.3. The third kappa shape index (κ3) is 16.0. The average Bonchev–Trinajstić information content (AvgIpc) is 3.89. The highest BCUT2D eigenvalue weighted by molar-refractivity contribution is 6.31. The van der Waals surface area contributed by atoms with E-state index < -0.39 is 5.82 Å². The number of Topliss-reactive ketones (excluding diaryl/α,β-unsaturated/α-hetero) is 1. The lowest BCUT2D eigenvalue weighted by atomic mass is 9.92. The molecule has 4 aromatic carbocycles. The van der Waals surface area contributed by atoms with Crippen LogP contribution >= 0.6 is 23.2 Å². The van der Waals surface area contributed by atoms with Gasteiger partial charge in [-0.15, -0.1) is 0 Å². The third-order valence-corrected chi connectivity index (χ3v) is 10.3. The number of aliphatic hydroxyl groups is 2. The number of aromatic nitrogens is 4. The van der Waals surface area contributed by atoms with E-state index in [0.29, 0.717) is 46.1 Å². The SMILES string of the molecule is CC(C)(C)c1cc(CCC(=O)Cc2ccc(COCCO)c(F)c2)n(-c2cccc(Cl)c2)n1.CC(C)(C)c1cc(CN)n(-c2cccc(Cl)c2)n1.Cc1ccc(COCCO)c(F)c1. The predicted molar refractivity (Wildman–Crippen MR) is 250 cm³/mol. The van der Waals surface area contributed by atoms with Crippen LogP contribution in [0.5, 0.6) is 0 Å². The number of hydrogen-bond donors (Lipinski definition) is 3. The van der Waals surface area contributed by atoms with E-state index in [1.54, 1.807) is 18.2 Å². The lowest BCUT2D eigenvalue weighted by Gasteiger charge is -2.14. The van der Waals surface area contributed by atoms with Gasteiger partial charge in [0, 0.05) is 57.1 Å². The Morgan fingerprint density at radius 3 is 1.62 bits per heavy atom. The first-order chi connectivity index (χ1) is 30.3. The summed E-state index contributed by atoms with van der Waals surface area (Å²) < 4.78 is 41.3. The number of nitrogens with two attached hydrogens (primary N) is 1. The summed E-state index contributed by atoms with van der Waals surface area (Å²) in [7, 11) is 0. The molecule has 2 aromatic heterocycles. The quantitative estimate of drug-likeness (QED) is 0.0817. The van der Waals surface area contributed by atoms with E-state index in [1.807, 2.05) is 77.0 Å². The zero-order chi connectivity index (χ0) is 47.0. The first kappa shape index (κ1) is 51.8. The van der Waals surface area contributed by atoms with Crippen LogP contribution in [-0.2, 0) is 57.7 Å². The molecule has 4 N–H and O–H groups in total. The second-order valence-corrected chi connectivity index (χ2v) is 18.2. The number of nitrogens with zero attached hydrogens (tertiary/aromatic N) is 4. The van der Waals surface area contributed by atoms with Gasteiger partial charge in [-0.1, -0.05) is 101 Å². The molecule has 0 radical (unpaired) electrons. The van der Waals surface area contributed by atoms with Gasteiger partial charge in [0.1, 0.15) is 17.4 Å². The molecule has 64 heavy (non-hydrogen) atoms. The Bertz CT molecular complexity index is 2420. The first-order valence-electron chi connectivity index (χ1n) is 21.1. The maximum Gasteiger partial charge on any atom is 0.137 e. The fraction of sp³-hybridized carbons (Fsp3) is 0.380. The zero-order valence-electron chi connectivity index (χ0n) is 37.8. The van der Waals surface area contributed by atoms with E-state index in [9.17, 15) is 13.6 Å². The van der Waals surface area contributed by atoms with Crippen molar-refractivity contribution in [3.05, 3.63) is 164 Å². The van der Waals surface area contributed by atoms with E-state index in [4.69, 9.17) is 53.7 Å². The van der Waals surface area contributed by atoms with Crippen molar-refractivity contribution >= 4 is 29.0 Å². The van der Waals surface area contributed by atoms with Gasteiger partial charge in [0.05, 0.1) is 68.1 Å². The standard InChI is InChI=1S/C26H30ClFN2O3.C14H18ClN3.C10H13FO2/c1-26(2,3)25-16-22(30(29-25)21-6-4-5-20(27)15-21)9-10-23(32)13-18-7-8-19(24(28)14-18)17-33-12-11-31;1-14(2,3)13-8-12(9-16)18(17-13)11-6-4-5-10(15)7-11;1-8-2-3-9(10(11)6-8)7-13-5-4-12/h4-8,14-16,31H,9-13,17H2,1-3H3;4-8H,9,16H2,1-3H3;2-3,6,12H,4-5,7H2,1H3. The van der Waals surface area contributed by atoms with Crippen LogP contribution in [0.2, 0.25) is 10.0 Å². The summed E-state index contributed by atoms with van der Waals surface area (Å²) in [5.41, 5.74) is 13.8. The molecule has 6 aromatic rings. The summed E-state index contributed by atoms with van der Waals surface area (Å²) in [4.78, 5) is 12.7. The molecule has 0 fully saturated rings. The number of ketones is 1. The minimum absolute atomic E-state index is 0.00768. The maximum absolute atomic E-state index is 14.3. The van der Waals surface area contributed by atoms with E-state index in [1.165, 1.54) is 12.1 Å². The van der Waals surface area contributed by atoms with Crippen molar-refractivity contribution in [1.82, 2.24) is 19.6 Å². The largest absolute Gasteiger partial charge is 0.394 e. The summed E-state index contributed by atoms with van der Waals surface area (Å²) in [5, 5.41) is 27.9. The number of carbonyl (C=O) groups excluding carboxylic acids is 1. The van der Waals surface area contributed by atoms with Gasteiger partial charge < -0.3 is 25.4 Å². The molecule has 0 unspecified atom stereocenters. The highest BCUT2D eigenvalue weighted by Crippen LogP contribution is 2.27. The van der Waals surface area contributed by atoms with Gasteiger partial charge in [-0.3, -0.25) is 4.79 Å². The molecule has 0 aliphatic carbocycles. The molecule has 0 bridgehead atoms. The van der Waals surface area contributed by atoms with Crippen molar-refractivity contribution in [1.29, 1.82) is 0 Å². The number of rotatable bonds is 16. The molecule has 0 aliphatic heterocycles. The summed E-state index contributed by atoms with van der Waals surface area (Å²) in [6.07, 6.45) is 0.995. The number of hydrogen-bond acceptors (Lipinski definition) is 8. The van der Waals surface area contributed by atoms with E-state index in [-0.39, 0.29) is 68.5 Å². The average molecular weight is 921 g/mol. The Labute approximate surface area is 385 Å². The molecule has 6 rings (SSSR count). The Balaban J connectivity index is 0.000000241. The number of aryl methyl sites for hydroxylation is 2. The zero-order valence-corrected chi connectivity index (χ0v) is 39.3. The van der Waals surface area contributed by atoms with Crippen molar-refractivity contribution in [2.24, 2.45) is 5.73 Å². The minimum atomic E-state index is -0.410.